The lowest BCUT2D eigenvalue weighted by Gasteiger charge is -2.05. The van der Waals surface area contributed by atoms with Crippen LogP contribution >= 0.6 is 0 Å². The number of hydrogen-bond acceptors (Lipinski definition) is 2. The molecule has 0 spiro atoms. The number of halogens is 1. The molecule has 0 aliphatic carbocycles. The lowest BCUT2D eigenvalue weighted by molar-refractivity contribution is 0.610. The van der Waals surface area contributed by atoms with Crippen LogP contribution in [0.2, 0.25) is 0 Å². The Bertz CT molecular complexity index is 850. The van der Waals surface area contributed by atoms with Crippen molar-refractivity contribution in [1.82, 2.24) is 9.78 Å². The monoisotopic (exact) mass is 321 g/mol. The van der Waals surface area contributed by atoms with E-state index in [2.05, 4.69) is 22.2 Å². The molecule has 3 rings (SSSR count). The molecule has 122 valence electrons. The summed E-state index contributed by atoms with van der Waals surface area (Å²) in [5.41, 5.74) is 4.19. The molecule has 0 amide bonds. The van der Waals surface area contributed by atoms with Crippen molar-refractivity contribution < 1.29 is 4.39 Å². The van der Waals surface area contributed by atoms with E-state index >= 15 is 0 Å². The first-order chi connectivity index (χ1) is 11.6. The minimum atomic E-state index is -0.324. The van der Waals surface area contributed by atoms with Gasteiger partial charge in [0.2, 0.25) is 0 Å². The lowest BCUT2D eigenvalue weighted by atomic mass is 10.1. The highest BCUT2D eigenvalue weighted by Gasteiger charge is 2.07. The van der Waals surface area contributed by atoms with Gasteiger partial charge < -0.3 is 0 Å². The zero-order valence-electron chi connectivity index (χ0n) is 13.9. The molecular weight excluding hydrogens is 301 g/mol. The van der Waals surface area contributed by atoms with E-state index in [0.717, 1.165) is 24.2 Å². The third-order valence-corrected chi connectivity index (χ3v) is 3.84. The maximum absolute atomic E-state index is 14.3. The minimum absolute atomic E-state index is 0.324. The summed E-state index contributed by atoms with van der Waals surface area (Å²) in [7, 11) is 0. The van der Waals surface area contributed by atoms with Gasteiger partial charge in [-0.25, -0.2) is 9.07 Å². The zero-order chi connectivity index (χ0) is 16.9. The molecule has 0 fully saturated rings. The fourth-order valence-corrected chi connectivity index (χ4v) is 2.55. The largest absolute Gasteiger partial charge is 0.258 e. The highest BCUT2D eigenvalue weighted by molar-refractivity contribution is 5.84. The molecule has 2 aromatic carbocycles. The summed E-state index contributed by atoms with van der Waals surface area (Å²) < 4.78 is 15.9. The van der Waals surface area contributed by atoms with Crippen molar-refractivity contribution in [3.8, 4) is 5.69 Å². The average Bonchev–Trinajstić information content (AvgIpc) is 3.00. The average molecular weight is 321 g/mol. The van der Waals surface area contributed by atoms with Crippen LogP contribution in [0.4, 0.5) is 10.1 Å². The molecular formula is C20H20FN3. The van der Waals surface area contributed by atoms with Crippen molar-refractivity contribution in [2.75, 3.05) is 0 Å². The van der Waals surface area contributed by atoms with Crippen LogP contribution in [-0.4, -0.2) is 15.5 Å². The topological polar surface area (TPSA) is 30.2 Å². The molecule has 0 saturated heterocycles. The van der Waals surface area contributed by atoms with Crippen LogP contribution in [0.5, 0.6) is 0 Å². The van der Waals surface area contributed by atoms with Gasteiger partial charge in [-0.3, -0.25) is 4.99 Å². The molecule has 0 radical (unpaired) electrons. The van der Waals surface area contributed by atoms with E-state index in [1.807, 2.05) is 44.2 Å². The molecule has 3 aromatic rings. The molecule has 4 heteroatoms. The molecule has 24 heavy (non-hydrogen) atoms. The van der Waals surface area contributed by atoms with E-state index in [-0.39, 0.29) is 5.82 Å². The van der Waals surface area contributed by atoms with E-state index in [1.165, 1.54) is 11.6 Å². The van der Waals surface area contributed by atoms with Crippen LogP contribution in [0, 0.1) is 12.7 Å². The van der Waals surface area contributed by atoms with Crippen molar-refractivity contribution in [1.29, 1.82) is 0 Å². The molecule has 1 aromatic heterocycles. The first kappa shape index (κ1) is 16.1. The molecule has 0 aliphatic heterocycles. The summed E-state index contributed by atoms with van der Waals surface area (Å²) in [6.07, 6.45) is 3.54. The van der Waals surface area contributed by atoms with Crippen molar-refractivity contribution in [3.63, 3.8) is 0 Å². The summed E-state index contributed by atoms with van der Waals surface area (Å²) in [6.45, 7) is 3.86. The summed E-state index contributed by atoms with van der Waals surface area (Å²) in [4.78, 5) is 4.52. The number of hydrogen-bond donors (Lipinski definition) is 0. The molecule has 0 bridgehead atoms. The van der Waals surface area contributed by atoms with E-state index in [4.69, 9.17) is 0 Å². The third kappa shape index (κ3) is 3.96. The highest BCUT2D eigenvalue weighted by atomic mass is 19.1. The van der Waals surface area contributed by atoms with Crippen molar-refractivity contribution in [3.05, 3.63) is 77.9 Å². The fourth-order valence-electron chi connectivity index (χ4n) is 2.55. The molecule has 0 unspecified atom stereocenters. The number of nitrogens with zero attached hydrogens (tertiary/aromatic N) is 3. The SMILES string of the molecule is CC(CCc1ccccc1)=Nc1ccc(-n2ccc(C)n2)c(F)c1. The number of benzene rings is 2. The van der Waals surface area contributed by atoms with Crippen LogP contribution in [0.1, 0.15) is 24.6 Å². The Balaban J connectivity index is 1.71. The van der Waals surface area contributed by atoms with E-state index in [1.54, 1.807) is 16.9 Å². The van der Waals surface area contributed by atoms with E-state index in [9.17, 15) is 4.39 Å². The number of aromatic nitrogens is 2. The van der Waals surface area contributed by atoms with E-state index in [0.29, 0.717) is 11.4 Å². The van der Waals surface area contributed by atoms with Gasteiger partial charge in [0.25, 0.3) is 0 Å². The molecule has 0 saturated carbocycles. The lowest BCUT2D eigenvalue weighted by Crippen LogP contribution is -1.99. The second-order valence-corrected chi connectivity index (χ2v) is 5.87. The Morgan fingerprint density at radius 2 is 1.92 bits per heavy atom. The van der Waals surface area contributed by atoms with Gasteiger partial charge in [0, 0.05) is 18.0 Å². The van der Waals surface area contributed by atoms with Crippen molar-refractivity contribution in [2.24, 2.45) is 4.99 Å². The first-order valence-electron chi connectivity index (χ1n) is 8.02. The Morgan fingerprint density at radius 1 is 1.12 bits per heavy atom. The number of aryl methyl sites for hydroxylation is 2. The third-order valence-electron chi connectivity index (χ3n) is 3.84. The fraction of sp³-hybridized carbons (Fsp3) is 0.200. The van der Waals surface area contributed by atoms with Crippen LogP contribution in [0.15, 0.2) is 65.8 Å². The van der Waals surface area contributed by atoms with Gasteiger partial charge in [-0.1, -0.05) is 30.3 Å². The second-order valence-electron chi connectivity index (χ2n) is 5.87. The Kier molecular flexibility index (Phi) is 4.85. The second kappa shape index (κ2) is 7.21. The molecule has 1 heterocycles. The molecule has 0 atom stereocenters. The molecule has 0 aliphatic rings. The zero-order valence-corrected chi connectivity index (χ0v) is 13.9. The highest BCUT2D eigenvalue weighted by Crippen LogP contribution is 2.21. The van der Waals surface area contributed by atoms with Crippen LogP contribution in [0.3, 0.4) is 0 Å². The van der Waals surface area contributed by atoms with Gasteiger partial charge >= 0.3 is 0 Å². The van der Waals surface area contributed by atoms with Gasteiger partial charge in [0.15, 0.2) is 5.82 Å². The minimum Gasteiger partial charge on any atom is -0.258 e. The van der Waals surface area contributed by atoms with Gasteiger partial charge in [0.05, 0.1) is 11.4 Å². The Hall–Kier alpha value is -2.75. The van der Waals surface area contributed by atoms with Gasteiger partial charge in [-0.05, 0) is 50.5 Å². The molecule has 3 nitrogen and oxygen atoms in total. The van der Waals surface area contributed by atoms with E-state index < -0.39 is 0 Å². The van der Waals surface area contributed by atoms with Gasteiger partial charge in [-0.2, -0.15) is 5.10 Å². The number of rotatable bonds is 5. The summed E-state index contributed by atoms with van der Waals surface area (Å²) >= 11 is 0. The first-order valence-corrected chi connectivity index (χ1v) is 8.02. The normalized spacial score (nSPS) is 11.7. The maximum atomic E-state index is 14.3. The Morgan fingerprint density at radius 3 is 2.58 bits per heavy atom. The predicted molar refractivity (Wildman–Crippen MR) is 95.8 cm³/mol. The molecule has 0 N–H and O–H groups in total. The summed E-state index contributed by atoms with van der Waals surface area (Å²) in [6, 6.07) is 17.1. The van der Waals surface area contributed by atoms with Gasteiger partial charge in [0.1, 0.15) is 5.69 Å². The standard InChI is InChI=1S/C20H20FN3/c1-15(8-9-17-6-4-3-5-7-17)22-18-10-11-20(19(21)14-18)24-13-12-16(2)23-24/h3-7,10-14H,8-9H2,1-2H3. The number of aliphatic imine (C=N–C) groups is 1. The Labute approximate surface area is 141 Å². The summed E-state index contributed by atoms with van der Waals surface area (Å²) in [5.74, 6) is -0.324. The smallest absolute Gasteiger partial charge is 0.151 e. The van der Waals surface area contributed by atoms with Gasteiger partial charge in [-0.15, -0.1) is 0 Å². The maximum Gasteiger partial charge on any atom is 0.151 e. The predicted octanol–water partition coefficient (Wildman–Crippen LogP) is 5.05. The quantitative estimate of drug-likeness (QED) is 0.605. The van der Waals surface area contributed by atoms with Crippen LogP contribution < -0.4 is 0 Å². The van der Waals surface area contributed by atoms with Crippen molar-refractivity contribution in [2.45, 2.75) is 26.7 Å². The van der Waals surface area contributed by atoms with Crippen LogP contribution in [-0.2, 0) is 6.42 Å². The van der Waals surface area contributed by atoms with Crippen LogP contribution in [0.25, 0.3) is 5.69 Å². The summed E-state index contributed by atoms with van der Waals surface area (Å²) in [5, 5.41) is 4.24. The van der Waals surface area contributed by atoms with Crippen molar-refractivity contribution >= 4 is 11.4 Å².